The fraction of sp³-hybridized carbons (Fsp3) is 0.500. The summed E-state index contributed by atoms with van der Waals surface area (Å²) in [4.78, 5) is 25.1. The van der Waals surface area contributed by atoms with Crippen LogP contribution >= 0.6 is 0 Å². The maximum atomic E-state index is 12.1. The van der Waals surface area contributed by atoms with Crippen LogP contribution < -0.4 is 10.6 Å². The topological polar surface area (TPSA) is 85.2 Å². The third-order valence-electron chi connectivity index (χ3n) is 3.75. The predicted molar refractivity (Wildman–Crippen MR) is 94.6 cm³/mol. The number of urea groups is 1. The van der Waals surface area contributed by atoms with Crippen molar-refractivity contribution >= 4 is 17.6 Å². The number of nitriles is 1. The minimum Gasteiger partial charge on any atom is -0.354 e. The van der Waals surface area contributed by atoms with Gasteiger partial charge in [-0.15, -0.1) is 0 Å². The number of likely N-dealkylation sites (N-methyl/N-ethyl adjacent to an activating group) is 1. The fourth-order valence-corrected chi connectivity index (χ4v) is 1.91. The molecule has 6 heteroatoms. The Labute approximate surface area is 143 Å². The summed E-state index contributed by atoms with van der Waals surface area (Å²) in [5, 5.41) is 14.7. The summed E-state index contributed by atoms with van der Waals surface area (Å²) in [6.07, 6.45) is 0. The van der Waals surface area contributed by atoms with Gasteiger partial charge in [0.05, 0.1) is 11.5 Å². The van der Waals surface area contributed by atoms with Crippen molar-refractivity contribution in [2.45, 2.75) is 33.1 Å². The predicted octanol–water partition coefficient (Wildman–Crippen LogP) is 2.72. The molecule has 130 valence electrons. The van der Waals surface area contributed by atoms with Crippen LogP contribution in [0.3, 0.4) is 0 Å². The van der Waals surface area contributed by atoms with Gasteiger partial charge in [-0.3, -0.25) is 4.79 Å². The first-order valence-corrected chi connectivity index (χ1v) is 7.99. The SMILES string of the molecule is CC(C)C(=O)NCCN(C)C(=O)Nc1ccc(C(C)(C)C#N)cc1. The molecule has 0 bridgehead atoms. The minimum atomic E-state index is -0.562. The van der Waals surface area contributed by atoms with Gasteiger partial charge in [0.15, 0.2) is 0 Å². The molecule has 1 aromatic carbocycles. The standard InChI is InChI=1S/C18H26N4O2/c1-13(2)16(23)20-10-11-22(5)17(24)21-15-8-6-14(7-9-15)18(3,4)12-19/h6-9,13H,10-11H2,1-5H3,(H,20,23)(H,21,24). The number of hydrogen-bond acceptors (Lipinski definition) is 3. The van der Waals surface area contributed by atoms with E-state index in [-0.39, 0.29) is 17.9 Å². The molecule has 0 aliphatic carbocycles. The molecule has 1 aromatic rings. The molecule has 0 aliphatic heterocycles. The average molecular weight is 330 g/mol. The van der Waals surface area contributed by atoms with Crippen molar-refractivity contribution in [3.05, 3.63) is 29.8 Å². The number of rotatable bonds is 6. The zero-order valence-electron chi connectivity index (χ0n) is 15.0. The Bertz CT molecular complexity index is 615. The largest absolute Gasteiger partial charge is 0.354 e. The third kappa shape index (κ3) is 5.58. The molecule has 1 rings (SSSR count). The number of benzene rings is 1. The minimum absolute atomic E-state index is 0.0282. The van der Waals surface area contributed by atoms with Gasteiger partial charge in [-0.05, 0) is 31.5 Å². The Morgan fingerprint density at radius 2 is 1.83 bits per heavy atom. The van der Waals surface area contributed by atoms with E-state index in [1.807, 2.05) is 39.8 Å². The van der Waals surface area contributed by atoms with Crippen LogP contribution in [0.2, 0.25) is 0 Å². The van der Waals surface area contributed by atoms with Gasteiger partial charge in [0.1, 0.15) is 0 Å². The quantitative estimate of drug-likeness (QED) is 0.841. The summed E-state index contributed by atoms with van der Waals surface area (Å²) in [6, 6.07) is 9.22. The van der Waals surface area contributed by atoms with E-state index in [9.17, 15) is 9.59 Å². The van der Waals surface area contributed by atoms with E-state index < -0.39 is 5.41 Å². The monoisotopic (exact) mass is 330 g/mol. The molecular weight excluding hydrogens is 304 g/mol. The summed E-state index contributed by atoms with van der Waals surface area (Å²) in [5.41, 5.74) is 0.997. The van der Waals surface area contributed by atoms with Gasteiger partial charge in [0, 0.05) is 31.7 Å². The maximum absolute atomic E-state index is 12.1. The number of amides is 3. The normalized spacial score (nSPS) is 10.9. The van der Waals surface area contributed by atoms with Gasteiger partial charge in [-0.1, -0.05) is 26.0 Å². The van der Waals surface area contributed by atoms with Crippen LogP contribution in [0, 0.1) is 17.2 Å². The maximum Gasteiger partial charge on any atom is 0.321 e. The van der Waals surface area contributed by atoms with Crippen molar-refractivity contribution < 1.29 is 9.59 Å². The molecule has 0 heterocycles. The molecule has 0 spiro atoms. The molecule has 0 atom stereocenters. The molecule has 0 fully saturated rings. The lowest BCUT2D eigenvalue weighted by atomic mass is 9.86. The Hall–Kier alpha value is -2.55. The Balaban J connectivity index is 2.52. The van der Waals surface area contributed by atoms with Crippen molar-refractivity contribution in [1.82, 2.24) is 10.2 Å². The lowest BCUT2D eigenvalue weighted by Crippen LogP contribution is -2.39. The molecule has 6 nitrogen and oxygen atoms in total. The zero-order valence-corrected chi connectivity index (χ0v) is 15.0. The van der Waals surface area contributed by atoms with Gasteiger partial charge < -0.3 is 15.5 Å². The van der Waals surface area contributed by atoms with E-state index in [2.05, 4.69) is 16.7 Å². The highest BCUT2D eigenvalue weighted by Gasteiger charge is 2.19. The first-order chi connectivity index (χ1) is 11.2. The highest BCUT2D eigenvalue weighted by Crippen LogP contribution is 2.23. The van der Waals surface area contributed by atoms with E-state index in [1.165, 1.54) is 4.90 Å². The summed E-state index contributed by atoms with van der Waals surface area (Å²) >= 11 is 0. The van der Waals surface area contributed by atoms with E-state index in [1.54, 1.807) is 19.2 Å². The highest BCUT2D eigenvalue weighted by atomic mass is 16.2. The first kappa shape index (κ1) is 19.5. The van der Waals surface area contributed by atoms with Crippen molar-refractivity contribution in [3.63, 3.8) is 0 Å². The zero-order chi connectivity index (χ0) is 18.3. The first-order valence-electron chi connectivity index (χ1n) is 7.99. The van der Waals surface area contributed by atoms with Crippen LogP contribution in [0.5, 0.6) is 0 Å². The molecule has 0 aliphatic rings. The van der Waals surface area contributed by atoms with Gasteiger partial charge in [-0.2, -0.15) is 5.26 Å². The molecule has 3 amide bonds. The van der Waals surface area contributed by atoms with Crippen molar-refractivity contribution in [2.24, 2.45) is 5.92 Å². The summed E-state index contributed by atoms with van der Waals surface area (Å²) in [5.74, 6) is -0.0974. The number of nitrogens with zero attached hydrogens (tertiary/aromatic N) is 2. The molecule has 0 saturated carbocycles. The van der Waals surface area contributed by atoms with Crippen molar-refractivity contribution in [1.29, 1.82) is 5.26 Å². The van der Waals surface area contributed by atoms with Crippen LogP contribution in [0.1, 0.15) is 33.3 Å². The second kappa shape index (κ2) is 8.34. The van der Waals surface area contributed by atoms with Gasteiger partial charge in [0.2, 0.25) is 5.91 Å². The van der Waals surface area contributed by atoms with Gasteiger partial charge in [-0.25, -0.2) is 4.79 Å². The van der Waals surface area contributed by atoms with Gasteiger partial charge >= 0.3 is 6.03 Å². The summed E-state index contributed by atoms with van der Waals surface area (Å²) < 4.78 is 0. The van der Waals surface area contributed by atoms with Crippen LogP contribution in [-0.2, 0) is 10.2 Å². The van der Waals surface area contributed by atoms with Crippen LogP contribution in [-0.4, -0.2) is 37.0 Å². The average Bonchev–Trinajstić information content (AvgIpc) is 2.54. The lowest BCUT2D eigenvalue weighted by molar-refractivity contribution is -0.123. The Morgan fingerprint density at radius 1 is 1.25 bits per heavy atom. The van der Waals surface area contributed by atoms with E-state index >= 15 is 0 Å². The number of hydrogen-bond donors (Lipinski definition) is 2. The van der Waals surface area contributed by atoms with Crippen molar-refractivity contribution in [2.75, 3.05) is 25.5 Å². The van der Waals surface area contributed by atoms with E-state index in [4.69, 9.17) is 5.26 Å². The molecule has 0 unspecified atom stereocenters. The van der Waals surface area contributed by atoms with Crippen LogP contribution in [0.25, 0.3) is 0 Å². The molecule has 0 radical (unpaired) electrons. The highest BCUT2D eigenvalue weighted by molar-refractivity contribution is 5.89. The van der Waals surface area contributed by atoms with Crippen molar-refractivity contribution in [3.8, 4) is 6.07 Å². The number of nitrogens with one attached hydrogen (secondary N) is 2. The summed E-state index contributed by atoms with van der Waals surface area (Å²) in [7, 11) is 1.67. The van der Waals surface area contributed by atoms with Crippen LogP contribution in [0.15, 0.2) is 24.3 Å². The number of carbonyl (C=O) groups excluding carboxylic acids is 2. The molecule has 24 heavy (non-hydrogen) atoms. The van der Waals surface area contributed by atoms with E-state index in [0.29, 0.717) is 18.8 Å². The Kier molecular flexibility index (Phi) is 6.78. The summed E-state index contributed by atoms with van der Waals surface area (Å²) in [6.45, 7) is 8.17. The second-order valence-corrected chi connectivity index (χ2v) is 6.61. The molecule has 2 N–H and O–H groups in total. The Morgan fingerprint density at radius 3 is 2.33 bits per heavy atom. The second-order valence-electron chi connectivity index (χ2n) is 6.61. The van der Waals surface area contributed by atoms with Crippen LogP contribution in [0.4, 0.5) is 10.5 Å². The molecular formula is C18H26N4O2. The third-order valence-corrected chi connectivity index (χ3v) is 3.75. The van der Waals surface area contributed by atoms with E-state index in [0.717, 1.165) is 5.56 Å². The van der Waals surface area contributed by atoms with Gasteiger partial charge in [0.25, 0.3) is 0 Å². The fourth-order valence-electron chi connectivity index (χ4n) is 1.91. The molecule has 0 aromatic heterocycles. The number of anilines is 1. The lowest BCUT2D eigenvalue weighted by Gasteiger charge is -2.19. The molecule has 0 saturated heterocycles. The smallest absolute Gasteiger partial charge is 0.321 e. The number of carbonyl (C=O) groups is 2.